The van der Waals surface area contributed by atoms with E-state index >= 15 is 0 Å². The van der Waals surface area contributed by atoms with Crippen LogP contribution < -0.4 is 15.5 Å². The molecule has 0 aliphatic rings. The van der Waals surface area contributed by atoms with Crippen LogP contribution in [-0.4, -0.2) is 31.3 Å². The van der Waals surface area contributed by atoms with Crippen LogP contribution in [0, 0.1) is 0 Å². The van der Waals surface area contributed by atoms with Gasteiger partial charge in [-0.2, -0.15) is 0 Å². The molecular formula is C12H17N5O. The molecule has 0 amide bonds. The highest BCUT2D eigenvalue weighted by atomic mass is 16.4. The number of anilines is 3. The Balaban J connectivity index is 2.17. The van der Waals surface area contributed by atoms with E-state index in [1.54, 1.807) is 0 Å². The zero-order valence-corrected chi connectivity index (χ0v) is 10.8. The molecule has 1 aromatic carbocycles. The van der Waals surface area contributed by atoms with Crippen LogP contribution >= 0.6 is 0 Å². The molecule has 0 atom stereocenters. The maximum absolute atomic E-state index is 5.45. The van der Waals surface area contributed by atoms with E-state index in [-0.39, 0.29) is 0 Å². The van der Waals surface area contributed by atoms with Gasteiger partial charge in [0.15, 0.2) is 0 Å². The number of benzene rings is 1. The molecule has 6 heteroatoms. The minimum atomic E-state index is 0.398. The Kier molecular flexibility index (Phi) is 3.78. The van der Waals surface area contributed by atoms with Crippen LogP contribution in [0.3, 0.4) is 0 Å². The lowest BCUT2D eigenvalue weighted by Gasteiger charge is -2.16. The van der Waals surface area contributed by atoms with Crippen LogP contribution in [0.25, 0.3) is 0 Å². The Morgan fingerprint density at radius 1 is 1.22 bits per heavy atom. The van der Waals surface area contributed by atoms with Gasteiger partial charge >= 0.3 is 6.01 Å². The van der Waals surface area contributed by atoms with Crippen molar-refractivity contribution in [2.24, 2.45) is 0 Å². The van der Waals surface area contributed by atoms with E-state index in [1.165, 1.54) is 0 Å². The van der Waals surface area contributed by atoms with Gasteiger partial charge in [0.05, 0.1) is 17.9 Å². The van der Waals surface area contributed by atoms with Gasteiger partial charge in [-0.05, 0) is 19.2 Å². The first-order valence-electron chi connectivity index (χ1n) is 5.71. The quantitative estimate of drug-likeness (QED) is 0.836. The summed E-state index contributed by atoms with van der Waals surface area (Å²) in [6.07, 6.45) is 0. The summed E-state index contributed by atoms with van der Waals surface area (Å²) < 4.78 is 5.45. The fraction of sp³-hybridized carbons (Fsp3) is 0.333. The number of aromatic nitrogens is 2. The molecule has 2 rings (SSSR count). The van der Waals surface area contributed by atoms with E-state index < -0.39 is 0 Å². The van der Waals surface area contributed by atoms with Gasteiger partial charge in [0.2, 0.25) is 5.89 Å². The Labute approximate surface area is 106 Å². The van der Waals surface area contributed by atoms with Crippen molar-refractivity contribution in [1.82, 2.24) is 15.5 Å². The molecule has 0 aliphatic carbocycles. The lowest BCUT2D eigenvalue weighted by Crippen LogP contribution is -2.10. The molecule has 0 fully saturated rings. The standard InChI is InChI=1S/C12H17N5O/c1-13-8-11-15-16-12(18-11)14-9-6-4-5-7-10(9)17(2)3/h4-7,13H,8H2,1-3H3,(H,14,16). The summed E-state index contributed by atoms with van der Waals surface area (Å²) in [6, 6.07) is 8.33. The maximum atomic E-state index is 5.45. The summed E-state index contributed by atoms with van der Waals surface area (Å²) in [4.78, 5) is 2.02. The minimum absolute atomic E-state index is 0.398. The molecule has 6 nitrogen and oxygen atoms in total. The lowest BCUT2D eigenvalue weighted by molar-refractivity contribution is 0.493. The van der Waals surface area contributed by atoms with Gasteiger partial charge in [-0.1, -0.05) is 17.2 Å². The normalized spacial score (nSPS) is 10.4. The average Bonchev–Trinajstić information content (AvgIpc) is 2.77. The van der Waals surface area contributed by atoms with Crippen molar-refractivity contribution >= 4 is 17.4 Å². The van der Waals surface area contributed by atoms with Crippen molar-refractivity contribution in [2.75, 3.05) is 31.4 Å². The number of nitrogens with one attached hydrogen (secondary N) is 2. The van der Waals surface area contributed by atoms with E-state index in [9.17, 15) is 0 Å². The minimum Gasteiger partial charge on any atom is -0.406 e. The molecule has 1 heterocycles. The first-order valence-corrected chi connectivity index (χ1v) is 5.71. The third kappa shape index (κ3) is 2.78. The van der Waals surface area contributed by atoms with Crippen molar-refractivity contribution in [3.8, 4) is 0 Å². The summed E-state index contributed by atoms with van der Waals surface area (Å²) in [7, 11) is 5.81. The number of nitrogens with zero attached hydrogens (tertiary/aromatic N) is 3. The number of rotatable bonds is 5. The van der Waals surface area contributed by atoms with Crippen molar-refractivity contribution in [1.29, 1.82) is 0 Å². The van der Waals surface area contributed by atoms with Crippen LogP contribution in [0.4, 0.5) is 17.4 Å². The predicted octanol–water partition coefficient (Wildman–Crippen LogP) is 1.60. The molecule has 0 unspecified atom stereocenters. The Morgan fingerprint density at radius 2 is 2.00 bits per heavy atom. The topological polar surface area (TPSA) is 66.2 Å². The van der Waals surface area contributed by atoms with Gasteiger partial charge in [-0.25, -0.2) is 0 Å². The van der Waals surface area contributed by atoms with Crippen LogP contribution in [0.15, 0.2) is 28.7 Å². The molecule has 0 saturated carbocycles. The molecule has 0 aliphatic heterocycles. The summed E-state index contributed by atoms with van der Waals surface area (Å²) in [6.45, 7) is 0.560. The molecule has 96 valence electrons. The summed E-state index contributed by atoms with van der Waals surface area (Å²) in [5.74, 6) is 0.558. The molecule has 0 radical (unpaired) electrons. The van der Waals surface area contributed by atoms with Gasteiger partial charge in [-0.15, -0.1) is 5.10 Å². The Hall–Kier alpha value is -2.08. The van der Waals surface area contributed by atoms with Crippen LogP contribution in [-0.2, 0) is 6.54 Å². The maximum Gasteiger partial charge on any atom is 0.320 e. The number of para-hydroxylation sites is 2. The monoisotopic (exact) mass is 247 g/mol. The summed E-state index contributed by atoms with van der Waals surface area (Å²) >= 11 is 0. The highest BCUT2D eigenvalue weighted by Crippen LogP contribution is 2.26. The molecule has 2 aromatic rings. The van der Waals surface area contributed by atoms with E-state index in [4.69, 9.17) is 4.42 Å². The third-order valence-corrected chi connectivity index (χ3v) is 2.42. The largest absolute Gasteiger partial charge is 0.406 e. The first kappa shape index (κ1) is 12.4. The van der Waals surface area contributed by atoms with E-state index in [2.05, 4.69) is 20.8 Å². The SMILES string of the molecule is CNCc1nnc(Nc2ccccc2N(C)C)o1. The van der Waals surface area contributed by atoms with Crippen LogP contribution in [0.5, 0.6) is 0 Å². The van der Waals surface area contributed by atoms with Crippen molar-refractivity contribution < 1.29 is 4.42 Å². The average molecular weight is 247 g/mol. The molecule has 0 spiro atoms. The second-order valence-electron chi connectivity index (χ2n) is 4.07. The van der Waals surface area contributed by atoms with Gasteiger partial charge in [0.25, 0.3) is 0 Å². The lowest BCUT2D eigenvalue weighted by atomic mass is 10.2. The number of hydrogen-bond acceptors (Lipinski definition) is 6. The molecular weight excluding hydrogens is 230 g/mol. The first-order chi connectivity index (χ1) is 8.70. The molecule has 2 N–H and O–H groups in total. The van der Waals surface area contributed by atoms with Gasteiger partial charge < -0.3 is 20.0 Å². The highest BCUT2D eigenvalue weighted by Gasteiger charge is 2.08. The van der Waals surface area contributed by atoms with Crippen molar-refractivity contribution in [3.63, 3.8) is 0 Å². The zero-order chi connectivity index (χ0) is 13.0. The Bertz CT molecular complexity index is 509. The molecule has 18 heavy (non-hydrogen) atoms. The fourth-order valence-electron chi connectivity index (χ4n) is 1.61. The van der Waals surface area contributed by atoms with E-state index in [1.807, 2.05) is 50.3 Å². The fourth-order valence-corrected chi connectivity index (χ4v) is 1.61. The van der Waals surface area contributed by atoms with Crippen LogP contribution in [0.2, 0.25) is 0 Å². The van der Waals surface area contributed by atoms with Gasteiger partial charge in [-0.3, -0.25) is 0 Å². The third-order valence-electron chi connectivity index (χ3n) is 2.42. The molecule has 0 bridgehead atoms. The number of hydrogen-bond donors (Lipinski definition) is 2. The van der Waals surface area contributed by atoms with Crippen molar-refractivity contribution in [3.05, 3.63) is 30.2 Å². The van der Waals surface area contributed by atoms with Gasteiger partial charge in [0.1, 0.15) is 0 Å². The summed E-state index contributed by atoms with van der Waals surface area (Å²) in [5, 5.41) is 13.9. The molecule has 1 aromatic heterocycles. The van der Waals surface area contributed by atoms with Crippen LogP contribution in [0.1, 0.15) is 5.89 Å². The van der Waals surface area contributed by atoms with Crippen molar-refractivity contribution in [2.45, 2.75) is 6.54 Å². The second kappa shape index (κ2) is 5.50. The smallest absolute Gasteiger partial charge is 0.320 e. The van der Waals surface area contributed by atoms with Gasteiger partial charge in [0, 0.05) is 14.1 Å². The Morgan fingerprint density at radius 3 is 2.72 bits per heavy atom. The predicted molar refractivity (Wildman–Crippen MR) is 71.1 cm³/mol. The van der Waals surface area contributed by atoms with E-state index in [0.717, 1.165) is 11.4 Å². The zero-order valence-electron chi connectivity index (χ0n) is 10.8. The van der Waals surface area contributed by atoms with E-state index in [0.29, 0.717) is 18.5 Å². The highest BCUT2D eigenvalue weighted by molar-refractivity contribution is 5.72. The second-order valence-corrected chi connectivity index (χ2v) is 4.07. The summed E-state index contributed by atoms with van der Waals surface area (Å²) in [5.41, 5.74) is 1.99. The molecule has 0 saturated heterocycles.